The zero-order chi connectivity index (χ0) is 9.30. The second kappa shape index (κ2) is 3.68. The van der Waals surface area contributed by atoms with E-state index in [0.717, 1.165) is 17.8 Å². The highest BCUT2D eigenvalue weighted by molar-refractivity contribution is 6.08. The molecule has 0 heterocycles. The van der Waals surface area contributed by atoms with Gasteiger partial charge in [0, 0.05) is 0 Å². The van der Waals surface area contributed by atoms with Crippen LogP contribution in [0.3, 0.4) is 0 Å². The standard InChI is InChI=1S/C11H21B/c1-7-8(2)10(4)11(5-6-12)9(7)3/h7,9,11H,5-6,12H2,1-4H3. The quantitative estimate of drug-likeness (QED) is 0.434. The fourth-order valence-corrected chi connectivity index (χ4v) is 2.58. The number of hydrogen-bond donors (Lipinski definition) is 0. The lowest BCUT2D eigenvalue weighted by atomic mass is 9.82. The van der Waals surface area contributed by atoms with Gasteiger partial charge in [-0.15, -0.1) is 0 Å². The van der Waals surface area contributed by atoms with Gasteiger partial charge in [0.05, 0.1) is 0 Å². The maximum atomic E-state index is 2.41. The number of allylic oxidation sites excluding steroid dienone is 2. The highest BCUT2D eigenvalue weighted by atomic mass is 14.4. The molecular formula is C11H21B. The third-order valence-electron chi connectivity index (χ3n) is 3.88. The van der Waals surface area contributed by atoms with E-state index in [2.05, 4.69) is 35.5 Å². The van der Waals surface area contributed by atoms with Gasteiger partial charge in [0.15, 0.2) is 0 Å². The Labute approximate surface area is 77.8 Å². The molecule has 0 aromatic rings. The Morgan fingerprint density at radius 2 is 1.75 bits per heavy atom. The summed E-state index contributed by atoms with van der Waals surface area (Å²) in [4.78, 5) is 0. The van der Waals surface area contributed by atoms with Crippen molar-refractivity contribution >= 4 is 7.85 Å². The number of rotatable bonds is 2. The Kier molecular flexibility index (Phi) is 3.03. The fraction of sp³-hybridized carbons (Fsp3) is 0.818. The molecule has 0 bridgehead atoms. The summed E-state index contributed by atoms with van der Waals surface area (Å²) in [5.74, 6) is 2.58. The monoisotopic (exact) mass is 164 g/mol. The summed E-state index contributed by atoms with van der Waals surface area (Å²) in [5.41, 5.74) is 3.33. The largest absolute Gasteiger partial charge is 0.101 e. The van der Waals surface area contributed by atoms with Crippen LogP contribution in [0.15, 0.2) is 11.1 Å². The molecule has 0 nitrogen and oxygen atoms in total. The van der Waals surface area contributed by atoms with Crippen LogP contribution < -0.4 is 0 Å². The van der Waals surface area contributed by atoms with Gasteiger partial charge in [-0.25, -0.2) is 0 Å². The van der Waals surface area contributed by atoms with Gasteiger partial charge in [-0.2, -0.15) is 0 Å². The molecule has 0 saturated heterocycles. The molecule has 0 aromatic carbocycles. The van der Waals surface area contributed by atoms with Crippen LogP contribution in [0.2, 0.25) is 6.32 Å². The lowest BCUT2D eigenvalue weighted by Crippen LogP contribution is -2.11. The summed E-state index contributed by atoms with van der Waals surface area (Å²) in [6, 6.07) is 0. The van der Waals surface area contributed by atoms with Crippen LogP contribution in [0.4, 0.5) is 0 Å². The van der Waals surface area contributed by atoms with E-state index in [1.165, 1.54) is 12.7 Å². The Bertz CT molecular complexity index is 193. The minimum Gasteiger partial charge on any atom is -0.0805 e. The van der Waals surface area contributed by atoms with Crippen molar-refractivity contribution in [2.45, 2.75) is 40.4 Å². The van der Waals surface area contributed by atoms with Crippen molar-refractivity contribution in [2.24, 2.45) is 17.8 Å². The third-order valence-corrected chi connectivity index (χ3v) is 3.88. The van der Waals surface area contributed by atoms with Crippen molar-refractivity contribution in [2.75, 3.05) is 0 Å². The molecule has 0 radical (unpaired) electrons. The van der Waals surface area contributed by atoms with Gasteiger partial charge in [-0.05, 0) is 31.6 Å². The highest BCUT2D eigenvalue weighted by Gasteiger charge is 2.32. The van der Waals surface area contributed by atoms with Crippen molar-refractivity contribution in [1.82, 2.24) is 0 Å². The predicted molar refractivity (Wildman–Crippen MR) is 58.2 cm³/mol. The zero-order valence-corrected chi connectivity index (χ0v) is 9.15. The van der Waals surface area contributed by atoms with Crippen molar-refractivity contribution in [1.29, 1.82) is 0 Å². The number of hydrogen-bond acceptors (Lipinski definition) is 0. The average Bonchev–Trinajstić information content (AvgIpc) is 2.23. The molecule has 1 heteroatoms. The van der Waals surface area contributed by atoms with E-state index < -0.39 is 0 Å². The summed E-state index contributed by atoms with van der Waals surface area (Å²) in [6.07, 6.45) is 2.71. The lowest BCUT2D eigenvalue weighted by molar-refractivity contribution is 0.360. The van der Waals surface area contributed by atoms with Gasteiger partial charge in [0.25, 0.3) is 0 Å². The van der Waals surface area contributed by atoms with Gasteiger partial charge < -0.3 is 0 Å². The lowest BCUT2D eigenvalue weighted by Gasteiger charge is -2.19. The van der Waals surface area contributed by atoms with Crippen molar-refractivity contribution < 1.29 is 0 Å². The Hall–Kier alpha value is -0.195. The van der Waals surface area contributed by atoms with Crippen LogP contribution in [-0.2, 0) is 0 Å². The molecule has 1 aliphatic rings. The van der Waals surface area contributed by atoms with Crippen LogP contribution in [0, 0.1) is 17.8 Å². The molecule has 0 amide bonds. The molecule has 3 atom stereocenters. The smallest absolute Gasteiger partial charge is 0.0805 e. The van der Waals surface area contributed by atoms with E-state index in [1.54, 1.807) is 11.1 Å². The fourth-order valence-electron chi connectivity index (χ4n) is 2.58. The first-order valence-corrected chi connectivity index (χ1v) is 5.26. The van der Waals surface area contributed by atoms with Crippen LogP contribution in [0.25, 0.3) is 0 Å². The molecular weight excluding hydrogens is 143 g/mol. The van der Waals surface area contributed by atoms with E-state index in [0.29, 0.717) is 0 Å². The van der Waals surface area contributed by atoms with Gasteiger partial charge in [0.1, 0.15) is 7.85 Å². The summed E-state index contributed by atoms with van der Waals surface area (Å²) in [6.45, 7) is 9.42. The predicted octanol–water partition coefficient (Wildman–Crippen LogP) is 2.67. The van der Waals surface area contributed by atoms with Gasteiger partial charge in [-0.1, -0.05) is 37.7 Å². The van der Waals surface area contributed by atoms with Gasteiger partial charge in [-0.3, -0.25) is 0 Å². The van der Waals surface area contributed by atoms with E-state index >= 15 is 0 Å². The maximum Gasteiger partial charge on any atom is 0.101 e. The molecule has 0 saturated carbocycles. The van der Waals surface area contributed by atoms with Crippen molar-refractivity contribution in [3.05, 3.63) is 11.1 Å². The Morgan fingerprint density at radius 1 is 1.17 bits per heavy atom. The second-order valence-electron chi connectivity index (χ2n) is 4.41. The molecule has 0 aromatic heterocycles. The molecule has 0 aliphatic heterocycles. The first kappa shape index (κ1) is 9.89. The molecule has 0 spiro atoms. The van der Waals surface area contributed by atoms with Crippen LogP contribution >= 0.6 is 0 Å². The van der Waals surface area contributed by atoms with Crippen LogP contribution in [0.5, 0.6) is 0 Å². The summed E-state index contributed by atoms with van der Waals surface area (Å²) < 4.78 is 0. The van der Waals surface area contributed by atoms with Crippen LogP contribution in [-0.4, -0.2) is 7.85 Å². The maximum absolute atomic E-state index is 2.41. The topological polar surface area (TPSA) is 0 Å². The normalized spacial score (nSPS) is 36.2. The summed E-state index contributed by atoms with van der Waals surface area (Å²) >= 11 is 0. The van der Waals surface area contributed by atoms with Gasteiger partial charge in [0.2, 0.25) is 0 Å². The minimum atomic E-state index is 0.821. The van der Waals surface area contributed by atoms with E-state index in [9.17, 15) is 0 Å². The van der Waals surface area contributed by atoms with E-state index in [1.807, 2.05) is 0 Å². The molecule has 68 valence electrons. The van der Waals surface area contributed by atoms with Crippen LogP contribution in [0.1, 0.15) is 34.1 Å². The third kappa shape index (κ3) is 1.46. The first-order valence-electron chi connectivity index (χ1n) is 5.26. The SMILES string of the molecule is BCCC1C(C)=C(C)C(C)C1C. The second-order valence-corrected chi connectivity index (χ2v) is 4.41. The molecule has 0 N–H and O–H groups in total. The molecule has 3 unspecified atom stereocenters. The summed E-state index contributed by atoms with van der Waals surface area (Å²) in [7, 11) is 2.29. The summed E-state index contributed by atoms with van der Waals surface area (Å²) in [5, 5.41) is 0. The van der Waals surface area contributed by atoms with E-state index in [-0.39, 0.29) is 0 Å². The van der Waals surface area contributed by atoms with Gasteiger partial charge >= 0.3 is 0 Å². The molecule has 1 rings (SSSR count). The van der Waals surface area contributed by atoms with Crippen molar-refractivity contribution in [3.8, 4) is 0 Å². The van der Waals surface area contributed by atoms with E-state index in [4.69, 9.17) is 0 Å². The Balaban J connectivity index is 2.76. The first-order chi connectivity index (χ1) is 5.59. The average molecular weight is 164 g/mol. The molecule has 1 aliphatic carbocycles. The van der Waals surface area contributed by atoms with Crippen molar-refractivity contribution in [3.63, 3.8) is 0 Å². The molecule has 12 heavy (non-hydrogen) atoms. The Morgan fingerprint density at radius 3 is 2.08 bits per heavy atom. The molecule has 0 fully saturated rings. The highest BCUT2D eigenvalue weighted by Crippen LogP contribution is 2.42. The zero-order valence-electron chi connectivity index (χ0n) is 9.15. The minimum absolute atomic E-state index is 0.821.